The summed E-state index contributed by atoms with van der Waals surface area (Å²) in [6, 6.07) is 18.4. The Balaban J connectivity index is 1.41. The van der Waals surface area contributed by atoms with Crippen LogP contribution in [0.4, 0.5) is 0 Å². The van der Waals surface area contributed by atoms with Crippen molar-refractivity contribution in [1.29, 1.82) is 0 Å². The van der Waals surface area contributed by atoms with E-state index in [1.54, 1.807) is 0 Å². The molecule has 5 rings (SSSR count). The van der Waals surface area contributed by atoms with Crippen LogP contribution in [0.25, 0.3) is 28.0 Å². The zero-order valence-electron chi connectivity index (χ0n) is 32.5. The van der Waals surface area contributed by atoms with Crippen LogP contribution in [0.3, 0.4) is 0 Å². The van der Waals surface area contributed by atoms with Gasteiger partial charge in [0.15, 0.2) is 22.5 Å². The Labute approximate surface area is 305 Å². The maximum atomic E-state index is 13.5. The van der Waals surface area contributed by atoms with Crippen molar-refractivity contribution in [3.8, 4) is 17.1 Å². The molecule has 1 aromatic carbocycles. The van der Waals surface area contributed by atoms with E-state index in [9.17, 15) is 4.55 Å². The molecule has 1 aliphatic rings. The Kier molecular flexibility index (Phi) is 11.0. The molecule has 0 bridgehead atoms. The zero-order valence-corrected chi connectivity index (χ0v) is 35.4. The average molecular weight is 734 g/mol. The maximum Gasteiger partial charge on any atom is 0.192 e. The summed E-state index contributed by atoms with van der Waals surface area (Å²) in [5.74, 6) is 1.03. The fourth-order valence-corrected chi connectivity index (χ4v) is 8.76. The summed E-state index contributed by atoms with van der Waals surface area (Å²) in [6.07, 6.45) is 3.96. The highest BCUT2D eigenvalue weighted by Gasteiger charge is 2.46. The molecule has 0 saturated heterocycles. The smallest absolute Gasteiger partial charge is 0.192 e. The molecule has 1 saturated carbocycles. The van der Waals surface area contributed by atoms with E-state index in [-0.39, 0.29) is 28.1 Å². The Morgan fingerprint density at radius 2 is 1.54 bits per heavy atom. The fraction of sp³-hybridized carbons (Fsp3) is 0.564. The second-order valence-corrected chi connectivity index (χ2v) is 29.6. The lowest BCUT2D eigenvalue weighted by Crippen LogP contribution is -2.51. The normalized spacial score (nSPS) is 19.0. The van der Waals surface area contributed by atoms with E-state index in [1.165, 1.54) is 0 Å². The van der Waals surface area contributed by atoms with Crippen LogP contribution in [0.15, 0.2) is 60.8 Å². The van der Waals surface area contributed by atoms with Crippen molar-refractivity contribution in [2.24, 2.45) is 5.92 Å². The zero-order chi connectivity index (χ0) is 36.9. The number of nitrogens with one attached hydrogen (secondary N) is 1. The van der Waals surface area contributed by atoms with E-state index in [0.717, 1.165) is 52.2 Å². The summed E-state index contributed by atoms with van der Waals surface area (Å²) in [4.78, 5) is 10.2. The largest absolute Gasteiger partial charge is 0.598 e. The Hall–Kier alpha value is -2.39. The van der Waals surface area contributed by atoms with Crippen LogP contribution in [0, 0.1) is 5.92 Å². The number of pyridine rings is 2. The second-order valence-electron chi connectivity index (χ2n) is 18.0. The van der Waals surface area contributed by atoms with Crippen molar-refractivity contribution in [3.63, 3.8) is 0 Å². The van der Waals surface area contributed by atoms with Gasteiger partial charge in [-0.15, -0.1) is 4.72 Å². The molecule has 0 radical (unpaired) electrons. The molecule has 11 heteroatoms. The molecule has 1 N–H and O–H groups in total. The highest BCUT2D eigenvalue weighted by atomic mass is 32.2. The third kappa shape index (κ3) is 8.62. The third-order valence-corrected chi connectivity index (χ3v) is 21.6. The lowest BCUT2D eigenvalue weighted by atomic mass is 9.76. The van der Waals surface area contributed by atoms with Crippen molar-refractivity contribution in [2.75, 3.05) is 0 Å². The lowest BCUT2D eigenvalue weighted by Gasteiger charge is -2.46. The SMILES string of the molecule is CC(C)(C)[S@@+]([O-])N[C@H](c1cccc(-c2ccc3cnn(-c4cccc(CO[Si](C)(C)C(C)(C)C)n4)c3c2)n1)[C@H]1C[C@H](O[Si](C)(C)C(C)(C)C)C1. The topological polar surface area (TPSA) is 97.2 Å². The van der Waals surface area contributed by atoms with Crippen LogP contribution in [-0.2, 0) is 26.8 Å². The van der Waals surface area contributed by atoms with Crippen LogP contribution in [0.5, 0.6) is 0 Å². The fourth-order valence-electron chi connectivity index (χ4n) is 5.54. The van der Waals surface area contributed by atoms with E-state index in [1.807, 2.05) is 55.9 Å². The molecule has 4 aromatic rings. The highest BCUT2D eigenvalue weighted by molar-refractivity contribution is 7.90. The molecule has 272 valence electrons. The minimum atomic E-state index is -1.91. The van der Waals surface area contributed by atoms with Crippen LogP contribution < -0.4 is 4.72 Å². The molecule has 1 aliphatic carbocycles. The Morgan fingerprint density at radius 3 is 2.18 bits per heavy atom. The van der Waals surface area contributed by atoms with E-state index < -0.39 is 32.7 Å². The van der Waals surface area contributed by atoms with Crippen LogP contribution in [0.1, 0.15) is 92.6 Å². The van der Waals surface area contributed by atoms with Gasteiger partial charge in [0.1, 0.15) is 4.75 Å². The molecule has 8 nitrogen and oxygen atoms in total. The maximum absolute atomic E-state index is 13.5. The number of hydrogen-bond acceptors (Lipinski definition) is 7. The summed E-state index contributed by atoms with van der Waals surface area (Å²) in [5.41, 5.74) is 4.60. The van der Waals surface area contributed by atoms with Gasteiger partial charge >= 0.3 is 0 Å². The summed E-state index contributed by atoms with van der Waals surface area (Å²) in [7, 11) is -3.79. The van der Waals surface area contributed by atoms with Gasteiger partial charge in [-0.25, -0.2) is 9.67 Å². The van der Waals surface area contributed by atoms with Gasteiger partial charge in [-0.3, -0.25) is 4.98 Å². The Bertz CT molecular complexity index is 1780. The van der Waals surface area contributed by atoms with Crippen molar-refractivity contribution < 1.29 is 13.4 Å². The summed E-state index contributed by atoms with van der Waals surface area (Å²) in [5, 5.41) is 6.04. The van der Waals surface area contributed by atoms with E-state index in [2.05, 4.69) is 103 Å². The van der Waals surface area contributed by atoms with Crippen LogP contribution in [-0.4, -0.2) is 51.8 Å². The second kappa shape index (κ2) is 14.2. The van der Waals surface area contributed by atoms with Gasteiger partial charge in [0.25, 0.3) is 0 Å². The van der Waals surface area contributed by atoms with Crippen molar-refractivity contribution >= 4 is 38.9 Å². The number of aromatic nitrogens is 4. The van der Waals surface area contributed by atoms with Crippen LogP contribution >= 0.6 is 0 Å². The standard InChI is InChI=1S/C39H59N5O3SSi2/c1-37(2,3)48(45)43-36(29-22-31(23-29)47-50(12,13)39(7,8)9)33-18-15-17-32(42-33)27-20-21-28-25-40-44(34(28)24-27)35-19-14-16-30(41-35)26-46-49(10,11)38(4,5)6/h14-21,24-25,29,31,36,43H,22-23,26H2,1-13H3/t29-,31-,36-,48+/m0/s1. The van der Waals surface area contributed by atoms with Crippen molar-refractivity contribution in [2.45, 2.75) is 135 Å². The number of rotatable bonds is 11. The van der Waals surface area contributed by atoms with Gasteiger partial charge < -0.3 is 13.4 Å². The van der Waals surface area contributed by atoms with Gasteiger partial charge in [-0.1, -0.05) is 65.8 Å². The van der Waals surface area contributed by atoms with Crippen molar-refractivity contribution in [3.05, 3.63) is 72.2 Å². The number of hydrogen-bond donors (Lipinski definition) is 1. The minimum absolute atomic E-state index is 0.129. The molecule has 0 spiro atoms. The predicted octanol–water partition coefficient (Wildman–Crippen LogP) is 9.90. The first kappa shape index (κ1) is 38.8. The van der Waals surface area contributed by atoms with E-state index in [4.69, 9.17) is 23.9 Å². The molecule has 0 unspecified atom stereocenters. The number of benzene rings is 1. The van der Waals surface area contributed by atoms with Gasteiger partial charge in [0.05, 0.1) is 41.4 Å². The van der Waals surface area contributed by atoms with Gasteiger partial charge in [-0.05, 0) is 106 Å². The summed E-state index contributed by atoms with van der Waals surface area (Å²) >= 11 is -1.25. The monoisotopic (exact) mass is 733 g/mol. The van der Waals surface area contributed by atoms with Gasteiger partial charge in [0.2, 0.25) is 0 Å². The molecule has 0 aliphatic heterocycles. The Morgan fingerprint density at radius 1 is 0.880 bits per heavy atom. The molecule has 3 heterocycles. The molecule has 50 heavy (non-hydrogen) atoms. The number of nitrogens with zero attached hydrogens (tertiary/aromatic N) is 4. The van der Waals surface area contributed by atoms with E-state index in [0.29, 0.717) is 6.61 Å². The third-order valence-electron chi connectivity index (χ3n) is 11.0. The molecular weight excluding hydrogens is 675 g/mol. The van der Waals surface area contributed by atoms with Crippen LogP contribution in [0.2, 0.25) is 36.3 Å². The quantitative estimate of drug-likeness (QED) is 0.121. The van der Waals surface area contributed by atoms with Crippen molar-refractivity contribution in [1.82, 2.24) is 24.5 Å². The molecule has 3 aromatic heterocycles. The lowest BCUT2D eigenvalue weighted by molar-refractivity contribution is 0.0365. The summed E-state index contributed by atoms with van der Waals surface area (Å²) in [6.45, 7) is 29.2. The molecule has 0 amide bonds. The summed E-state index contributed by atoms with van der Waals surface area (Å²) < 4.78 is 31.7. The first-order chi connectivity index (χ1) is 23.1. The number of fused-ring (bicyclic) bond motifs is 1. The van der Waals surface area contributed by atoms with Gasteiger partial charge in [0, 0.05) is 28.4 Å². The first-order valence-corrected chi connectivity index (χ1v) is 24.9. The molecule has 2 atom stereocenters. The van der Waals surface area contributed by atoms with Gasteiger partial charge in [-0.2, -0.15) is 5.10 Å². The van der Waals surface area contributed by atoms with E-state index >= 15 is 0 Å². The molecular formula is C39H59N5O3SSi2. The minimum Gasteiger partial charge on any atom is -0.598 e. The average Bonchev–Trinajstić information content (AvgIpc) is 3.43. The molecule has 1 fully saturated rings. The predicted molar refractivity (Wildman–Crippen MR) is 213 cm³/mol. The first-order valence-electron chi connectivity index (χ1n) is 18.0. The highest BCUT2D eigenvalue weighted by Crippen LogP contribution is 2.45.